The molecule has 2 heteroatoms. The largest absolute Gasteiger partial charge is 0.328 e. The molecule has 0 radical (unpaired) electrons. The zero-order valence-electron chi connectivity index (χ0n) is 10.6. The molecule has 0 aliphatic rings. The van der Waals surface area contributed by atoms with Crippen LogP contribution >= 0.6 is 0 Å². The summed E-state index contributed by atoms with van der Waals surface area (Å²) in [5.41, 5.74) is 0.855. The maximum atomic E-state index is 10.3. The second-order valence-corrected chi connectivity index (χ2v) is 4.52. The third-order valence-electron chi connectivity index (χ3n) is 2.00. The Morgan fingerprint density at radius 1 is 1.00 bits per heavy atom. The Balaban J connectivity index is 0.000000317. The van der Waals surface area contributed by atoms with Crippen LogP contribution in [0.15, 0.2) is 42.5 Å². The minimum atomic E-state index is 0.696. The van der Waals surface area contributed by atoms with Crippen molar-refractivity contribution in [3.8, 4) is 0 Å². The molecule has 1 amide bonds. The summed E-state index contributed by atoms with van der Waals surface area (Å²) < 4.78 is 0. The average molecular weight is 229 g/mol. The Kier molecular flexibility index (Phi) is 5.21. The molecule has 2 aromatic carbocycles. The summed E-state index contributed by atoms with van der Waals surface area (Å²) in [6.07, 6.45) is 0.696. The van der Waals surface area contributed by atoms with Gasteiger partial charge in [0.1, 0.15) is 0 Å². The second-order valence-electron chi connectivity index (χ2n) is 4.52. The van der Waals surface area contributed by atoms with Crippen LogP contribution in [-0.2, 0) is 4.79 Å². The van der Waals surface area contributed by atoms with E-state index in [1.54, 1.807) is 0 Å². The first-order valence-electron chi connectivity index (χ1n) is 5.83. The van der Waals surface area contributed by atoms with E-state index in [0.717, 1.165) is 22.4 Å². The third-order valence-corrected chi connectivity index (χ3v) is 2.00. The van der Waals surface area contributed by atoms with Crippen molar-refractivity contribution in [2.75, 3.05) is 5.32 Å². The van der Waals surface area contributed by atoms with Gasteiger partial charge in [-0.3, -0.25) is 4.79 Å². The van der Waals surface area contributed by atoms with Crippen molar-refractivity contribution in [3.63, 3.8) is 0 Å². The lowest BCUT2D eigenvalue weighted by molar-refractivity contribution is -0.105. The molecule has 0 unspecified atom stereocenters. The molecular formula is C15H19NO. The van der Waals surface area contributed by atoms with Gasteiger partial charge >= 0.3 is 0 Å². The number of benzene rings is 2. The fourth-order valence-corrected chi connectivity index (χ4v) is 1.41. The van der Waals surface area contributed by atoms with Gasteiger partial charge in [-0.05, 0) is 17.4 Å². The molecule has 0 bridgehead atoms. The van der Waals surface area contributed by atoms with Gasteiger partial charge in [0.2, 0.25) is 6.41 Å². The maximum Gasteiger partial charge on any atom is 0.211 e. The van der Waals surface area contributed by atoms with Gasteiger partial charge in [-0.2, -0.15) is 0 Å². The minimum absolute atomic E-state index is 0.696. The first-order valence-corrected chi connectivity index (χ1v) is 5.83. The summed E-state index contributed by atoms with van der Waals surface area (Å²) in [5, 5.41) is 4.87. The van der Waals surface area contributed by atoms with Crippen LogP contribution in [0.4, 0.5) is 5.69 Å². The fourth-order valence-electron chi connectivity index (χ4n) is 1.41. The highest BCUT2D eigenvalue weighted by Crippen LogP contribution is 2.21. The average Bonchev–Trinajstić information content (AvgIpc) is 2.29. The molecule has 0 aliphatic heterocycles. The summed E-state index contributed by atoms with van der Waals surface area (Å²) >= 11 is 0. The van der Waals surface area contributed by atoms with E-state index in [1.165, 1.54) is 0 Å². The van der Waals surface area contributed by atoms with E-state index in [0.29, 0.717) is 6.41 Å². The number of carbonyl (C=O) groups is 1. The highest BCUT2D eigenvalue weighted by molar-refractivity contribution is 5.97. The number of hydrogen-bond acceptors (Lipinski definition) is 1. The van der Waals surface area contributed by atoms with Gasteiger partial charge in [0, 0.05) is 11.1 Å². The van der Waals surface area contributed by atoms with Crippen molar-refractivity contribution in [1.82, 2.24) is 0 Å². The van der Waals surface area contributed by atoms with Crippen LogP contribution in [0.5, 0.6) is 0 Å². The highest BCUT2D eigenvalue weighted by atomic mass is 16.1. The number of fused-ring (bicyclic) bond motifs is 1. The van der Waals surface area contributed by atoms with Gasteiger partial charge in [-0.25, -0.2) is 0 Å². The number of hydrogen-bond donors (Lipinski definition) is 1. The number of anilines is 1. The zero-order valence-corrected chi connectivity index (χ0v) is 10.6. The number of carbonyl (C=O) groups excluding carboxylic acids is 1. The van der Waals surface area contributed by atoms with Crippen LogP contribution < -0.4 is 5.32 Å². The second kappa shape index (κ2) is 6.69. The third kappa shape index (κ3) is 4.27. The van der Waals surface area contributed by atoms with Crippen LogP contribution in [0, 0.1) is 5.92 Å². The molecule has 2 nitrogen and oxygen atoms in total. The van der Waals surface area contributed by atoms with E-state index in [4.69, 9.17) is 0 Å². The summed E-state index contributed by atoms with van der Waals surface area (Å²) in [6, 6.07) is 13.8. The van der Waals surface area contributed by atoms with Crippen LogP contribution in [0.25, 0.3) is 10.8 Å². The monoisotopic (exact) mass is 229 g/mol. The van der Waals surface area contributed by atoms with Gasteiger partial charge in [-0.1, -0.05) is 57.2 Å². The van der Waals surface area contributed by atoms with E-state index in [2.05, 4.69) is 26.1 Å². The first-order chi connectivity index (χ1) is 8.15. The lowest BCUT2D eigenvalue weighted by Gasteiger charge is -2.03. The molecule has 0 aromatic heterocycles. The van der Waals surface area contributed by atoms with E-state index >= 15 is 0 Å². The zero-order chi connectivity index (χ0) is 12.7. The van der Waals surface area contributed by atoms with Crippen LogP contribution in [0.1, 0.15) is 20.8 Å². The minimum Gasteiger partial charge on any atom is -0.328 e. The van der Waals surface area contributed by atoms with Gasteiger partial charge in [-0.15, -0.1) is 0 Å². The van der Waals surface area contributed by atoms with Crippen LogP contribution in [0.3, 0.4) is 0 Å². The first kappa shape index (κ1) is 13.2. The predicted molar refractivity (Wildman–Crippen MR) is 74.1 cm³/mol. The van der Waals surface area contributed by atoms with Crippen molar-refractivity contribution >= 4 is 22.9 Å². The molecule has 0 atom stereocenters. The predicted octanol–water partition coefficient (Wildman–Crippen LogP) is 4.07. The van der Waals surface area contributed by atoms with Crippen molar-refractivity contribution < 1.29 is 4.79 Å². The molecule has 0 aliphatic carbocycles. The van der Waals surface area contributed by atoms with Crippen LogP contribution in [-0.4, -0.2) is 6.41 Å². The molecule has 0 spiro atoms. The quantitative estimate of drug-likeness (QED) is 0.773. The Morgan fingerprint density at radius 3 is 2.24 bits per heavy atom. The van der Waals surface area contributed by atoms with Crippen molar-refractivity contribution in [2.24, 2.45) is 5.92 Å². The van der Waals surface area contributed by atoms with E-state index in [9.17, 15) is 4.79 Å². The van der Waals surface area contributed by atoms with Crippen molar-refractivity contribution in [1.29, 1.82) is 0 Å². The van der Waals surface area contributed by atoms with Gasteiger partial charge in [0.15, 0.2) is 0 Å². The molecule has 0 fully saturated rings. The lowest BCUT2D eigenvalue weighted by Crippen LogP contribution is -1.93. The smallest absolute Gasteiger partial charge is 0.211 e. The van der Waals surface area contributed by atoms with Gasteiger partial charge in [0.05, 0.1) is 0 Å². The number of amides is 1. The van der Waals surface area contributed by atoms with E-state index in [1.807, 2.05) is 42.5 Å². The Bertz CT molecular complexity index is 469. The van der Waals surface area contributed by atoms with Crippen molar-refractivity contribution in [3.05, 3.63) is 42.5 Å². The standard InChI is InChI=1S/C11H9NO.C4H10/c13-8-12-11-7-3-5-9-4-1-2-6-10(9)11;1-4(2)3/h1-8H,(H,12,13);4H,1-3H3. The molecular weight excluding hydrogens is 210 g/mol. The van der Waals surface area contributed by atoms with Gasteiger partial charge in [0.25, 0.3) is 0 Å². The maximum absolute atomic E-state index is 10.3. The molecule has 17 heavy (non-hydrogen) atoms. The SMILES string of the molecule is CC(C)C.O=CNc1cccc2ccccc12. The Labute approximate surface area is 103 Å². The summed E-state index contributed by atoms with van der Waals surface area (Å²) in [4.78, 5) is 10.3. The normalized spacial score (nSPS) is 9.65. The molecule has 0 saturated carbocycles. The van der Waals surface area contributed by atoms with E-state index in [-0.39, 0.29) is 0 Å². The molecule has 90 valence electrons. The summed E-state index contributed by atoms with van der Waals surface area (Å²) in [7, 11) is 0. The van der Waals surface area contributed by atoms with Crippen LogP contribution in [0.2, 0.25) is 0 Å². The summed E-state index contributed by atoms with van der Waals surface area (Å²) in [6.45, 7) is 6.50. The van der Waals surface area contributed by atoms with Gasteiger partial charge < -0.3 is 5.32 Å². The van der Waals surface area contributed by atoms with Crippen molar-refractivity contribution in [2.45, 2.75) is 20.8 Å². The molecule has 1 N–H and O–H groups in total. The summed E-state index contributed by atoms with van der Waals surface area (Å²) in [5.74, 6) is 0.833. The molecule has 0 saturated heterocycles. The topological polar surface area (TPSA) is 29.1 Å². The Morgan fingerprint density at radius 2 is 1.59 bits per heavy atom. The highest BCUT2D eigenvalue weighted by Gasteiger charge is 1.96. The fraction of sp³-hybridized carbons (Fsp3) is 0.267. The number of nitrogens with one attached hydrogen (secondary N) is 1. The van der Waals surface area contributed by atoms with E-state index < -0.39 is 0 Å². The Hall–Kier alpha value is -1.83. The molecule has 2 aromatic rings. The molecule has 2 rings (SSSR count). The number of rotatable bonds is 2. The molecule has 0 heterocycles. The lowest BCUT2D eigenvalue weighted by atomic mass is 10.1.